The van der Waals surface area contributed by atoms with Gasteiger partial charge in [0, 0.05) is 19.3 Å². The maximum Gasteiger partial charge on any atom is 0.362 e. The van der Waals surface area contributed by atoms with Crippen molar-refractivity contribution in [2.45, 2.75) is 212 Å². The van der Waals surface area contributed by atoms with E-state index < -0.39 is 18.1 Å². The number of ether oxygens (including phenoxy) is 3. The molecular formula is C56H96NO7+. The minimum absolute atomic E-state index is 0.0523. The molecule has 8 nitrogen and oxygen atoms in total. The van der Waals surface area contributed by atoms with Crippen molar-refractivity contribution in [3.05, 3.63) is 85.1 Å². The molecule has 0 fully saturated rings. The van der Waals surface area contributed by atoms with Crippen LogP contribution in [-0.4, -0.2) is 80.6 Å². The number of carboxylic acid groups (broad SMARTS) is 1. The van der Waals surface area contributed by atoms with Crippen molar-refractivity contribution >= 4 is 17.9 Å². The summed E-state index contributed by atoms with van der Waals surface area (Å²) in [4.78, 5) is 37.2. The van der Waals surface area contributed by atoms with Crippen LogP contribution in [0.4, 0.5) is 0 Å². The molecule has 2 atom stereocenters. The standard InChI is InChI=1S/C56H95NO7/c1-6-8-10-12-14-16-18-20-22-24-25-26-27-28-29-31-33-35-37-39-41-43-45-47-55(59)64-52(50-62-49-48-53(56(60)61)57(3,4)5)51-63-54(58)46-44-42-40-38-36-34-32-30-23-21-19-17-15-13-11-9-7-2/h8-11,14-17,20-23,25-26,52-53H,6-7,12-13,18-19,24,27-51H2,1-5H3/p+1/b10-8-,11-9-,16-14-,17-15-,22-20-,23-21-,26-25-. The van der Waals surface area contributed by atoms with Gasteiger partial charge in [-0.1, -0.05) is 182 Å². The van der Waals surface area contributed by atoms with Crippen LogP contribution >= 0.6 is 0 Å². The van der Waals surface area contributed by atoms with Crippen LogP contribution in [0, 0.1) is 0 Å². The van der Waals surface area contributed by atoms with E-state index in [2.05, 4.69) is 98.9 Å². The quantitative estimate of drug-likeness (QED) is 0.0281. The van der Waals surface area contributed by atoms with Gasteiger partial charge in [-0.05, 0) is 83.5 Å². The second-order valence-corrected chi connectivity index (χ2v) is 18.0. The summed E-state index contributed by atoms with van der Waals surface area (Å²) in [5.41, 5.74) is 0. The molecule has 0 amide bonds. The summed E-state index contributed by atoms with van der Waals surface area (Å²) < 4.78 is 17.3. The Morgan fingerprint density at radius 3 is 1.22 bits per heavy atom. The van der Waals surface area contributed by atoms with Gasteiger partial charge in [0.15, 0.2) is 12.1 Å². The maximum atomic E-state index is 12.8. The number of quaternary nitrogens is 1. The van der Waals surface area contributed by atoms with Crippen molar-refractivity contribution in [1.29, 1.82) is 0 Å². The first kappa shape index (κ1) is 60.5. The number of rotatable bonds is 45. The van der Waals surface area contributed by atoms with Crippen LogP contribution in [0.2, 0.25) is 0 Å². The van der Waals surface area contributed by atoms with Crippen molar-refractivity contribution in [1.82, 2.24) is 0 Å². The van der Waals surface area contributed by atoms with Gasteiger partial charge in [-0.3, -0.25) is 9.59 Å². The van der Waals surface area contributed by atoms with E-state index in [9.17, 15) is 19.5 Å². The SMILES string of the molecule is CC/C=C\C/C=C\C/C=C\C/C=C\CCCCCCCCCCCCC(=O)OC(COCCC(C(=O)O)[N+](C)(C)C)COC(=O)CCCCCCCCC/C=C\C/C=C\C/C=C\CC. The molecule has 0 aliphatic rings. The lowest BCUT2D eigenvalue weighted by molar-refractivity contribution is -0.887. The van der Waals surface area contributed by atoms with E-state index in [4.69, 9.17) is 14.2 Å². The smallest absolute Gasteiger partial charge is 0.362 e. The molecule has 0 radical (unpaired) electrons. The van der Waals surface area contributed by atoms with Gasteiger partial charge in [0.05, 0.1) is 34.4 Å². The number of likely N-dealkylation sites (N-methyl/N-ethyl adjacent to an activating group) is 1. The van der Waals surface area contributed by atoms with E-state index in [1.54, 1.807) is 0 Å². The molecule has 0 aliphatic carbocycles. The summed E-state index contributed by atoms with van der Waals surface area (Å²) in [6, 6.07) is -0.622. The highest BCUT2D eigenvalue weighted by Gasteiger charge is 2.31. The molecule has 1 N–H and O–H groups in total. The number of esters is 2. The number of hydrogen-bond acceptors (Lipinski definition) is 6. The molecule has 0 aromatic rings. The average molecular weight is 895 g/mol. The predicted molar refractivity (Wildman–Crippen MR) is 270 cm³/mol. The zero-order chi connectivity index (χ0) is 47.0. The Kier molecular flexibility index (Phi) is 43.5. The highest BCUT2D eigenvalue weighted by atomic mass is 16.6. The Balaban J connectivity index is 4.26. The van der Waals surface area contributed by atoms with Gasteiger partial charge in [0.2, 0.25) is 0 Å². The van der Waals surface area contributed by atoms with E-state index in [1.807, 2.05) is 21.1 Å². The lowest BCUT2D eigenvalue weighted by Crippen LogP contribution is -2.50. The van der Waals surface area contributed by atoms with Gasteiger partial charge in [-0.25, -0.2) is 4.79 Å². The van der Waals surface area contributed by atoms with Gasteiger partial charge in [0.1, 0.15) is 6.61 Å². The van der Waals surface area contributed by atoms with E-state index in [1.165, 1.54) is 77.0 Å². The molecule has 0 rings (SSSR count). The number of aliphatic carboxylic acids is 1. The number of allylic oxidation sites excluding steroid dienone is 14. The fourth-order valence-electron chi connectivity index (χ4n) is 7.16. The summed E-state index contributed by atoms with van der Waals surface area (Å²) in [6.07, 6.45) is 60.6. The van der Waals surface area contributed by atoms with Crippen molar-refractivity contribution in [3.8, 4) is 0 Å². The largest absolute Gasteiger partial charge is 0.477 e. The first-order valence-electron chi connectivity index (χ1n) is 25.6. The zero-order valence-electron chi connectivity index (χ0n) is 41.7. The van der Waals surface area contributed by atoms with Gasteiger partial charge in [-0.2, -0.15) is 0 Å². The molecule has 2 unspecified atom stereocenters. The fourth-order valence-corrected chi connectivity index (χ4v) is 7.16. The Hall–Kier alpha value is -3.49. The van der Waals surface area contributed by atoms with Crippen LogP contribution in [-0.2, 0) is 28.6 Å². The molecular weight excluding hydrogens is 799 g/mol. The molecule has 0 aromatic carbocycles. The van der Waals surface area contributed by atoms with E-state index in [0.29, 0.717) is 19.3 Å². The molecule has 0 spiro atoms. The fraction of sp³-hybridized carbons (Fsp3) is 0.696. The zero-order valence-corrected chi connectivity index (χ0v) is 41.7. The number of carbonyl (C=O) groups excluding carboxylic acids is 2. The van der Waals surface area contributed by atoms with Crippen molar-refractivity contribution in [2.24, 2.45) is 0 Å². The molecule has 64 heavy (non-hydrogen) atoms. The Bertz CT molecular complexity index is 1320. The summed E-state index contributed by atoms with van der Waals surface area (Å²) in [7, 11) is 5.53. The van der Waals surface area contributed by atoms with Crippen LogP contribution in [0.5, 0.6) is 0 Å². The predicted octanol–water partition coefficient (Wildman–Crippen LogP) is 14.9. The van der Waals surface area contributed by atoms with Gasteiger partial charge >= 0.3 is 17.9 Å². The van der Waals surface area contributed by atoms with Gasteiger partial charge in [-0.15, -0.1) is 0 Å². The van der Waals surface area contributed by atoms with E-state index in [-0.39, 0.29) is 36.2 Å². The number of unbranched alkanes of at least 4 members (excludes halogenated alkanes) is 17. The maximum absolute atomic E-state index is 12.8. The molecule has 0 saturated heterocycles. The monoisotopic (exact) mass is 895 g/mol. The number of carbonyl (C=O) groups is 3. The van der Waals surface area contributed by atoms with Crippen LogP contribution in [0.15, 0.2) is 85.1 Å². The molecule has 0 aliphatic heterocycles. The first-order chi connectivity index (χ1) is 31.1. The lowest BCUT2D eigenvalue weighted by Gasteiger charge is -2.31. The van der Waals surface area contributed by atoms with Crippen LogP contribution < -0.4 is 0 Å². The van der Waals surface area contributed by atoms with E-state index in [0.717, 1.165) is 89.9 Å². The highest BCUT2D eigenvalue weighted by molar-refractivity contribution is 5.72. The Labute approximate surface area is 393 Å². The third-order valence-corrected chi connectivity index (χ3v) is 11.0. The van der Waals surface area contributed by atoms with Crippen molar-refractivity contribution in [3.63, 3.8) is 0 Å². The number of nitrogens with zero attached hydrogens (tertiary/aromatic N) is 1. The lowest BCUT2D eigenvalue weighted by atomic mass is 10.0. The molecule has 0 saturated carbocycles. The van der Waals surface area contributed by atoms with Crippen LogP contribution in [0.25, 0.3) is 0 Å². The molecule has 8 heteroatoms. The minimum Gasteiger partial charge on any atom is -0.477 e. The van der Waals surface area contributed by atoms with Gasteiger partial charge < -0.3 is 23.8 Å². The summed E-state index contributed by atoms with van der Waals surface area (Å²) in [5.74, 6) is -1.49. The highest BCUT2D eigenvalue weighted by Crippen LogP contribution is 2.15. The normalized spacial score (nSPS) is 13.6. The second-order valence-electron chi connectivity index (χ2n) is 18.0. The van der Waals surface area contributed by atoms with Crippen LogP contribution in [0.1, 0.15) is 200 Å². The third kappa shape index (κ3) is 43.7. The summed E-state index contributed by atoms with van der Waals surface area (Å²) in [6.45, 7) is 4.50. The summed E-state index contributed by atoms with van der Waals surface area (Å²) >= 11 is 0. The molecule has 366 valence electrons. The van der Waals surface area contributed by atoms with Gasteiger partial charge in [0.25, 0.3) is 0 Å². The Morgan fingerprint density at radius 1 is 0.469 bits per heavy atom. The molecule has 0 bridgehead atoms. The minimum atomic E-state index is -0.879. The van der Waals surface area contributed by atoms with Crippen molar-refractivity contribution < 1.29 is 38.2 Å². The third-order valence-electron chi connectivity index (χ3n) is 11.0. The first-order valence-corrected chi connectivity index (χ1v) is 25.6. The number of hydrogen-bond donors (Lipinski definition) is 1. The molecule has 0 aromatic heterocycles. The Morgan fingerprint density at radius 2 is 0.828 bits per heavy atom. The van der Waals surface area contributed by atoms with Crippen molar-refractivity contribution in [2.75, 3.05) is 41.0 Å². The van der Waals surface area contributed by atoms with Crippen LogP contribution in [0.3, 0.4) is 0 Å². The summed E-state index contributed by atoms with van der Waals surface area (Å²) in [5, 5.41) is 9.66. The molecule has 0 heterocycles. The van der Waals surface area contributed by atoms with E-state index >= 15 is 0 Å². The number of carboxylic acids is 1. The second kappa shape index (κ2) is 46.1. The topological polar surface area (TPSA) is 99.1 Å². The average Bonchev–Trinajstić information content (AvgIpc) is 3.26.